The van der Waals surface area contributed by atoms with Gasteiger partial charge >= 0.3 is 0 Å². The Morgan fingerprint density at radius 2 is 1.63 bits per heavy atom. The van der Waals surface area contributed by atoms with Gasteiger partial charge in [0.2, 0.25) is 5.69 Å². The second kappa shape index (κ2) is 7.31. The summed E-state index contributed by atoms with van der Waals surface area (Å²) in [5, 5.41) is 0. The van der Waals surface area contributed by atoms with Crippen molar-refractivity contribution in [1.82, 2.24) is 0 Å². The largest absolute Gasteiger partial charge is 0.212 e. The van der Waals surface area contributed by atoms with Gasteiger partial charge < -0.3 is 0 Å². The first-order valence-corrected chi connectivity index (χ1v) is 9.35. The van der Waals surface area contributed by atoms with Crippen molar-refractivity contribution in [2.75, 3.05) is 0 Å². The standard InChI is InChI=1S/C26H32N/c1-18-8-11-22(12-9-18)23-15-24(20(3)14-19(23)2)25-13-10-21(17-27(25)7)16-26(4,5)6/h8-15,17H,16H2,1-7H3/q+1/i2D3,16D2. The van der Waals surface area contributed by atoms with Gasteiger partial charge in [-0.3, -0.25) is 0 Å². The molecule has 0 bridgehead atoms. The van der Waals surface area contributed by atoms with E-state index in [4.69, 9.17) is 6.85 Å². The summed E-state index contributed by atoms with van der Waals surface area (Å²) in [7, 11) is 1.90. The second-order valence-electron chi connectivity index (χ2n) is 8.37. The molecule has 1 heterocycles. The van der Waals surface area contributed by atoms with E-state index in [0.717, 1.165) is 27.9 Å². The minimum absolute atomic E-state index is 0.339. The van der Waals surface area contributed by atoms with Crippen LogP contribution in [0, 0.1) is 26.1 Å². The maximum absolute atomic E-state index is 8.58. The highest BCUT2D eigenvalue weighted by Gasteiger charge is 2.18. The summed E-state index contributed by atoms with van der Waals surface area (Å²) in [6, 6.07) is 15.4. The van der Waals surface area contributed by atoms with Crippen LogP contribution in [-0.2, 0) is 13.4 Å². The van der Waals surface area contributed by atoms with Crippen LogP contribution in [0.15, 0.2) is 54.7 Å². The van der Waals surface area contributed by atoms with Crippen LogP contribution in [0.25, 0.3) is 22.4 Å². The van der Waals surface area contributed by atoms with Gasteiger partial charge in [-0.05, 0) is 66.9 Å². The molecule has 0 saturated heterocycles. The molecule has 0 radical (unpaired) electrons. The molecule has 0 saturated carbocycles. The van der Waals surface area contributed by atoms with Crippen molar-refractivity contribution in [2.24, 2.45) is 12.5 Å². The molecule has 0 aliphatic rings. The fourth-order valence-corrected chi connectivity index (χ4v) is 3.35. The van der Waals surface area contributed by atoms with Gasteiger partial charge in [0.1, 0.15) is 7.05 Å². The number of aryl methyl sites for hydroxylation is 4. The van der Waals surface area contributed by atoms with E-state index in [-0.39, 0.29) is 0 Å². The molecule has 0 aliphatic heterocycles. The van der Waals surface area contributed by atoms with Crippen molar-refractivity contribution < 1.29 is 11.4 Å². The van der Waals surface area contributed by atoms with Crippen LogP contribution in [0.3, 0.4) is 0 Å². The molecule has 0 unspecified atom stereocenters. The second-order valence-corrected chi connectivity index (χ2v) is 8.37. The molecule has 0 N–H and O–H groups in total. The molecule has 0 fully saturated rings. The van der Waals surface area contributed by atoms with Gasteiger partial charge in [-0.15, -0.1) is 0 Å². The first-order valence-electron chi connectivity index (χ1n) is 11.9. The molecule has 1 heteroatoms. The van der Waals surface area contributed by atoms with Gasteiger partial charge in [-0.1, -0.05) is 56.7 Å². The van der Waals surface area contributed by atoms with Crippen LogP contribution >= 0.6 is 0 Å². The van der Waals surface area contributed by atoms with Crippen molar-refractivity contribution >= 4 is 0 Å². The lowest BCUT2D eigenvalue weighted by Gasteiger charge is -2.17. The van der Waals surface area contributed by atoms with Crippen molar-refractivity contribution in [1.29, 1.82) is 0 Å². The van der Waals surface area contributed by atoms with Gasteiger partial charge in [-0.2, -0.15) is 0 Å². The minimum Gasteiger partial charge on any atom is -0.201 e. The summed E-state index contributed by atoms with van der Waals surface area (Å²) < 4.78 is 43.3. The fourth-order valence-electron chi connectivity index (χ4n) is 3.35. The van der Waals surface area contributed by atoms with Gasteiger partial charge in [0, 0.05) is 24.0 Å². The summed E-state index contributed by atoms with van der Waals surface area (Å²) in [6.45, 7) is 7.39. The Labute approximate surface area is 171 Å². The topological polar surface area (TPSA) is 3.88 Å². The maximum atomic E-state index is 8.58. The first kappa shape index (κ1) is 13.7. The maximum Gasteiger partial charge on any atom is 0.212 e. The molecule has 0 aliphatic carbocycles. The quantitative estimate of drug-likeness (QED) is 0.477. The molecule has 3 aromatic rings. The van der Waals surface area contributed by atoms with Crippen LogP contribution in [0.1, 0.15) is 49.9 Å². The zero-order valence-electron chi connectivity index (χ0n) is 22.1. The van der Waals surface area contributed by atoms with Gasteiger partial charge in [0.05, 0.1) is 0 Å². The van der Waals surface area contributed by atoms with Crippen LogP contribution in [0.2, 0.25) is 0 Å². The minimum atomic E-state index is -2.22. The average Bonchev–Trinajstić information content (AvgIpc) is 2.67. The van der Waals surface area contributed by atoms with E-state index in [0.29, 0.717) is 16.7 Å². The summed E-state index contributed by atoms with van der Waals surface area (Å²) in [5.74, 6) is 0. The molecule has 140 valence electrons. The van der Waals surface area contributed by atoms with E-state index in [2.05, 4.69) is 0 Å². The van der Waals surface area contributed by atoms with Crippen LogP contribution in [-0.4, -0.2) is 0 Å². The van der Waals surface area contributed by atoms with Crippen molar-refractivity contribution in [2.45, 2.75) is 47.8 Å². The van der Waals surface area contributed by atoms with Crippen LogP contribution in [0.4, 0.5) is 0 Å². The number of hydrogen-bond donors (Lipinski definition) is 0. The Morgan fingerprint density at radius 3 is 2.22 bits per heavy atom. The van der Waals surface area contributed by atoms with Crippen LogP contribution in [0.5, 0.6) is 0 Å². The first-order chi connectivity index (χ1) is 14.6. The van der Waals surface area contributed by atoms with Gasteiger partial charge in [0.15, 0.2) is 6.20 Å². The molecule has 0 atom stereocenters. The number of rotatable bonds is 3. The lowest BCUT2D eigenvalue weighted by atomic mass is 9.88. The summed E-state index contributed by atoms with van der Waals surface area (Å²) in [4.78, 5) is 0. The molecule has 2 aromatic carbocycles. The third-order valence-corrected chi connectivity index (χ3v) is 4.66. The van der Waals surface area contributed by atoms with Crippen molar-refractivity contribution in [3.8, 4) is 22.4 Å². The molecular weight excluding hydrogens is 326 g/mol. The van der Waals surface area contributed by atoms with E-state index >= 15 is 0 Å². The van der Waals surface area contributed by atoms with Gasteiger partial charge in [0.25, 0.3) is 0 Å². The average molecular weight is 364 g/mol. The fraction of sp³-hybridized carbons (Fsp3) is 0.346. The highest BCUT2D eigenvalue weighted by atomic mass is 14.9. The monoisotopic (exact) mass is 363 g/mol. The van der Waals surface area contributed by atoms with E-state index < -0.39 is 18.6 Å². The Kier molecular flexibility index (Phi) is 3.71. The number of nitrogens with zero attached hydrogens (tertiary/aromatic N) is 1. The molecular formula is C26H32N+. The lowest BCUT2D eigenvalue weighted by molar-refractivity contribution is -0.660. The predicted molar refractivity (Wildman–Crippen MR) is 116 cm³/mol. The number of benzene rings is 2. The zero-order valence-corrected chi connectivity index (χ0v) is 17.1. The molecule has 0 amide bonds. The van der Waals surface area contributed by atoms with Gasteiger partial charge in [-0.25, -0.2) is 4.57 Å². The Hall–Kier alpha value is -2.41. The smallest absolute Gasteiger partial charge is 0.201 e. The molecule has 1 nitrogen and oxygen atoms in total. The Bertz CT molecular complexity index is 1140. The summed E-state index contributed by atoms with van der Waals surface area (Å²) in [6.07, 6.45) is 0.347. The molecule has 27 heavy (non-hydrogen) atoms. The van der Waals surface area contributed by atoms with E-state index in [9.17, 15) is 0 Å². The van der Waals surface area contributed by atoms with Crippen molar-refractivity contribution in [3.63, 3.8) is 0 Å². The number of aromatic nitrogens is 1. The van der Waals surface area contributed by atoms with E-state index in [1.807, 2.05) is 94.9 Å². The molecule has 3 rings (SSSR count). The third kappa shape index (κ3) is 4.47. The van der Waals surface area contributed by atoms with Crippen molar-refractivity contribution in [3.05, 3.63) is 77.0 Å². The normalized spacial score (nSPS) is 15.4. The van der Waals surface area contributed by atoms with E-state index in [1.54, 1.807) is 6.07 Å². The molecule has 1 aromatic heterocycles. The SMILES string of the molecule is [2H]C([2H])([2H])c1cc(C)c(-c2ccc(C([2H])([2H])C(C)(C)C)c[n+]2C)cc1-c1ccc(C)cc1. The Balaban J connectivity index is 2.21. The Morgan fingerprint density at radius 1 is 0.926 bits per heavy atom. The summed E-state index contributed by atoms with van der Waals surface area (Å²) >= 11 is 0. The lowest BCUT2D eigenvalue weighted by Crippen LogP contribution is -2.32. The van der Waals surface area contributed by atoms with E-state index in [1.165, 1.54) is 0 Å². The number of hydrogen-bond acceptors (Lipinski definition) is 0. The summed E-state index contributed by atoms with van der Waals surface area (Å²) in [5.41, 5.74) is 5.79. The zero-order chi connectivity index (χ0) is 24.1. The third-order valence-electron chi connectivity index (χ3n) is 4.66. The van der Waals surface area contributed by atoms with Crippen LogP contribution < -0.4 is 4.57 Å². The number of pyridine rings is 1. The highest BCUT2D eigenvalue weighted by Crippen LogP contribution is 2.31. The molecule has 0 spiro atoms. The highest BCUT2D eigenvalue weighted by molar-refractivity contribution is 5.75. The predicted octanol–water partition coefficient (Wildman–Crippen LogP) is 6.36.